The highest BCUT2D eigenvalue weighted by molar-refractivity contribution is 6.02. The Labute approximate surface area is 209 Å². The number of aryl methyl sites for hydroxylation is 1. The van der Waals surface area contributed by atoms with E-state index in [9.17, 15) is 5.26 Å². The van der Waals surface area contributed by atoms with Crippen molar-refractivity contribution in [2.75, 3.05) is 29.9 Å². The number of pyridine rings is 1. The Hall–Kier alpha value is -4.52. The fraction of sp³-hybridized carbons (Fsp3) is 0.308. The van der Waals surface area contributed by atoms with Crippen LogP contribution in [-0.2, 0) is 7.05 Å². The van der Waals surface area contributed by atoms with Gasteiger partial charge in [0.2, 0.25) is 12.2 Å². The minimum atomic E-state index is 0.117. The van der Waals surface area contributed by atoms with Crippen molar-refractivity contribution >= 4 is 28.4 Å². The van der Waals surface area contributed by atoms with Gasteiger partial charge in [-0.3, -0.25) is 14.6 Å². The first-order valence-electron chi connectivity index (χ1n) is 11.9. The van der Waals surface area contributed by atoms with E-state index in [0.29, 0.717) is 18.4 Å². The first-order chi connectivity index (χ1) is 17.5. The van der Waals surface area contributed by atoms with Gasteiger partial charge in [0.1, 0.15) is 5.82 Å². The topological polar surface area (TPSA) is 111 Å². The van der Waals surface area contributed by atoms with Crippen molar-refractivity contribution in [2.45, 2.75) is 19.9 Å². The van der Waals surface area contributed by atoms with Crippen molar-refractivity contribution in [3.05, 3.63) is 61.3 Å². The molecule has 10 nitrogen and oxygen atoms in total. The molecule has 36 heavy (non-hydrogen) atoms. The predicted octanol–water partition coefficient (Wildman–Crippen LogP) is 3.52. The largest absolute Gasteiger partial charge is 0.351 e. The maximum Gasteiger partial charge on any atom is 0.214 e. The van der Waals surface area contributed by atoms with Crippen LogP contribution in [0.3, 0.4) is 0 Å². The van der Waals surface area contributed by atoms with Crippen LogP contribution in [0.4, 0.5) is 11.5 Å². The fourth-order valence-electron chi connectivity index (χ4n) is 4.58. The second-order valence-corrected chi connectivity index (χ2v) is 9.15. The average molecular weight is 481 g/mol. The molecule has 1 N–H and O–H groups in total. The van der Waals surface area contributed by atoms with Gasteiger partial charge in [-0.15, -0.1) is 4.99 Å². The lowest BCUT2D eigenvalue weighted by atomic mass is 9.99. The molecule has 1 saturated heterocycles. The minimum absolute atomic E-state index is 0.117. The summed E-state index contributed by atoms with van der Waals surface area (Å²) < 4.78 is 1.75. The summed E-state index contributed by atoms with van der Waals surface area (Å²) in [5, 5.41) is 18.1. The lowest BCUT2D eigenvalue weighted by molar-refractivity contribution is 0.224. The van der Waals surface area contributed by atoms with Gasteiger partial charge in [-0.2, -0.15) is 10.4 Å². The van der Waals surface area contributed by atoms with E-state index < -0.39 is 0 Å². The predicted molar refractivity (Wildman–Crippen MR) is 140 cm³/mol. The Morgan fingerprint density at radius 1 is 1.11 bits per heavy atom. The molecule has 1 atom stereocenters. The number of aromatic nitrogens is 5. The van der Waals surface area contributed by atoms with E-state index in [1.807, 2.05) is 56.0 Å². The zero-order chi connectivity index (χ0) is 25.1. The first kappa shape index (κ1) is 23.2. The Morgan fingerprint density at radius 2 is 2.00 bits per heavy atom. The average Bonchev–Trinajstić information content (AvgIpc) is 3.34. The molecule has 1 fully saturated rings. The molecule has 5 rings (SSSR count). The van der Waals surface area contributed by atoms with Gasteiger partial charge in [-0.05, 0) is 30.2 Å². The number of anilines is 2. The summed E-state index contributed by atoms with van der Waals surface area (Å²) in [7, 11) is 1.88. The molecule has 4 heterocycles. The molecule has 0 amide bonds. The zero-order valence-corrected chi connectivity index (χ0v) is 20.6. The molecule has 0 bridgehead atoms. The smallest absolute Gasteiger partial charge is 0.214 e. The van der Waals surface area contributed by atoms with Crippen molar-refractivity contribution < 1.29 is 0 Å². The normalized spacial score (nSPS) is 16.4. The van der Waals surface area contributed by atoms with Crippen LogP contribution in [0.1, 0.15) is 13.8 Å². The van der Waals surface area contributed by atoms with Gasteiger partial charge in [0.15, 0.2) is 0 Å². The maximum atomic E-state index is 9.48. The summed E-state index contributed by atoms with van der Waals surface area (Å²) in [6.45, 7) is 6.52. The third-order valence-electron chi connectivity index (χ3n) is 6.47. The number of benzene rings is 1. The number of piperazine rings is 1. The molecule has 1 aliphatic rings. The quantitative estimate of drug-likeness (QED) is 0.268. The lowest BCUT2D eigenvalue weighted by Crippen LogP contribution is -2.58. The van der Waals surface area contributed by atoms with Crippen LogP contribution in [0, 0.1) is 17.4 Å². The number of hydrogen-bond acceptors (Lipinski definition) is 7. The van der Waals surface area contributed by atoms with E-state index in [-0.39, 0.29) is 6.04 Å². The number of nitrogens with one attached hydrogen (secondary N) is 1. The van der Waals surface area contributed by atoms with Crippen LogP contribution in [0.2, 0.25) is 0 Å². The van der Waals surface area contributed by atoms with Crippen LogP contribution in [0.15, 0.2) is 66.3 Å². The van der Waals surface area contributed by atoms with Crippen molar-refractivity contribution in [1.82, 2.24) is 29.6 Å². The van der Waals surface area contributed by atoms with Gasteiger partial charge in [0, 0.05) is 50.0 Å². The first-order valence-corrected chi connectivity index (χ1v) is 11.9. The summed E-state index contributed by atoms with van der Waals surface area (Å²) in [6.07, 6.45) is 11.1. The number of nitriles is 1. The number of nitrogens with zero attached hydrogens (tertiary/aromatic N) is 9. The molecule has 1 unspecified atom stereocenters. The van der Waals surface area contributed by atoms with E-state index in [1.165, 1.54) is 0 Å². The molecule has 3 aromatic heterocycles. The Kier molecular flexibility index (Phi) is 6.45. The number of rotatable bonds is 4. The molecule has 182 valence electrons. The summed E-state index contributed by atoms with van der Waals surface area (Å²) in [5.74, 6) is 1.69. The highest BCUT2D eigenvalue weighted by Crippen LogP contribution is 2.26. The van der Waals surface area contributed by atoms with Gasteiger partial charge in [-0.25, -0.2) is 4.98 Å². The summed E-state index contributed by atoms with van der Waals surface area (Å²) in [4.78, 5) is 22.4. The molecule has 0 radical (unpaired) electrons. The fourth-order valence-corrected chi connectivity index (χ4v) is 4.58. The summed E-state index contributed by atoms with van der Waals surface area (Å²) in [6, 6.07) is 9.94. The molecule has 1 aromatic carbocycles. The van der Waals surface area contributed by atoms with Crippen LogP contribution in [0.5, 0.6) is 0 Å². The van der Waals surface area contributed by atoms with E-state index in [2.05, 4.69) is 49.0 Å². The highest BCUT2D eigenvalue weighted by Gasteiger charge is 2.32. The van der Waals surface area contributed by atoms with E-state index >= 15 is 0 Å². The van der Waals surface area contributed by atoms with Crippen LogP contribution in [0.25, 0.3) is 22.2 Å². The van der Waals surface area contributed by atoms with Gasteiger partial charge in [-0.1, -0.05) is 19.9 Å². The molecule has 0 aliphatic carbocycles. The summed E-state index contributed by atoms with van der Waals surface area (Å²) >= 11 is 0. The zero-order valence-electron chi connectivity index (χ0n) is 20.6. The van der Waals surface area contributed by atoms with Gasteiger partial charge in [0.25, 0.3) is 0 Å². The van der Waals surface area contributed by atoms with Crippen molar-refractivity contribution in [2.24, 2.45) is 18.0 Å². The second-order valence-electron chi connectivity index (χ2n) is 9.15. The van der Waals surface area contributed by atoms with Crippen LogP contribution in [-0.4, -0.2) is 61.3 Å². The van der Waals surface area contributed by atoms with Crippen molar-refractivity contribution in [3.8, 4) is 17.5 Å². The standard InChI is InChI=1S/C26H28N10/c1-18(2)24-16-35(25-14-29-23(13-30-25)19-12-32-34(3)15-19)10-11-36(24)26(31-17-27)33-22-8-4-7-21-20(22)6-5-9-28-21/h4-9,12-15,18,24H,10-11,16H2,1-3H3,(H,31,33). The molecule has 1 aliphatic heterocycles. The minimum Gasteiger partial charge on any atom is -0.351 e. The number of hydrogen-bond donors (Lipinski definition) is 1. The van der Waals surface area contributed by atoms with Gasteiger partial charge in [0.05, 0.1) is 41.5 Å². The van der Waals surface area contributed by atoms with Crippen LogP contribution >= 0.6 is 0 Å². The van der Waals surface area contributed by atoms with E-state index in [4.69, 9.17) is 4.98 Å². The maximum absolute atomic E-state index is 9.48. The molecule has 10 heteroatoms. The van der Waals surface area contributed by atoms with Gasteiger partial charge >= 0.3 is 0 Å². The summed E-state index contributed by atoms with van der Waals surface area (Å²) in [5.41, 5.74) is 3.49. The molecule has 0 spiro atoms. The third-order valence-corrected chi connectivity index (χ3v) is 6.47. The third kappa shape index (κ3) is 4.68. The lowest BCUT2D eigenvalue weighted by Gasteiger charge is -2.44. The molecule has 0 saturated carbocycles. The molecular weight excluding hydrogens is 452 g/mol. The number of fused-ring (bicyclic) bond motifs is 1. The van der Waals surface area contributed by atoms with Crippen molar-refractivity contribution in [3.63, 3.8) is 0 Å². The van der Waals surface area contributed by atoms with Crippen molar-refractivity contribution in [1.29, 1.82) is 5.26 Å². The number of aliphatic imine (C=N–C) groups is 1. The number of guanidine groups is 1. The van der Waals surface area contributed by atoms with Crippen LogP contribution < -0.4 is 10.2 Å². The van der Waals surface area contributed by atoms with E-state index in [1.54, 1.807) is 23.3 Å². The Balaban J connectivity index is 1.37. The SMILES string of the molecule is CC(C)C1CN(c2cnc(-c3cnn(C)c3)cn2)CCN1/C(=N\C#N)Nc1cccc2ncccc12. The van der Waals surface area contributed by atoms with E-state index in [0.717, 1.165) is 46.8 Å². The molecule has 4 aromatic rings. The van der Waals surface area contributed by atoms with Gasteiger partial charge < -0.3 is 15.1 Å². The second kappa shape index (κ2) is 10.00. The monoisotopic (exact) mass is 480 g/mol. The Morgan fingerprint density at radius 3 is 2.72 bits per heavy atom. The Bertz CT molecular complexity index is 1410. The highest BCUT2D eigenvalue weighted by atomic mass is 15.4. The molecular formula is C26H28N10.